The second-order valence-corrected chi connectivity index (χ2v) is 6.73. The maximum absolute atomic E-state index is 12.7. The van der Waals surface area contributed by atoms with E-state index in [1.165, 1.54) is 23.3 Å². The summed E-state index contributed by atoms with van der Waals surface area (Å²) in [6.45, 7) is 3.73. The molecule has 0 bridgehead atoms. The minimum Gasteiger partial charge on any atom is -0.468 e. The van der Waals surface area contributed by atoms with Crippen molar-refractivity contribution in [2.75, 3.05) is 13.7 Å². The summed E-state index contributed by atoms with van der Waals surface area (Å²) in [5.41, 5.74) is -1.19. The van der Waals surface area contributed by atoms with Crippen molar-refractivity contribution < 1.29 is 19.1 Å². The lowest BCUT2D eigenvalue weighted by atomic mass is 9.81. The quantitative estimate of drug-likeness (QED) is 0.662. The molecule has 0 aromatic carbocycles. The van der Waals surface area contributed by atoms with Crippen LogP contribution in [0.5, 0.6) is 0 Å². The summed E-state index contributed by atoms with van der Waals surface area (Å²) in [4.78, 5) is 39.8. The fourth-order valence-corrected chi connectivity index (χ4v) is 4.45. The second kappa shape index (κ2) is 5.17. The molecule has 1 aromatic heterocycles. The topological polar surface area (TPSA) is 75.7 Å². The lowest BCUT2D eigenvalue weighted by molar-refractivity contribution is -0.153. The minimum absolute atomic E-state index is 0.212. The minimum atomic E-state index is -1.19. The molecule has 3 heterocycles. The molecule has 0 spiro atoms. The van der Waals surface area contributed by atoms with Gasteiger partial charge in [0.2, 0.25) is 11.8 Å². The van der Waals surface area contributed by atoms with E-state index in [4.69, 9.17) is 4.74 Å². The molecule has 3 rings (SSSR count). The second-order valence-electron chi connectivity index (χ2n) is 5.76. The molecule has 2 fully saturated rings. The highest BCUT2D eigenvalue weighted by atomic mass is 32.1. The van der Waals surface area contributed by atoms with Gasteiger partial charge in [-0.25, -0.2) is 0 Å². The van der Waals surface area contributed by atoms with Gasteiger partial charge in [-0.05, 0) is 25.3 Å². The van der Waals surface area contributed by atoms with Crippen molar-refractivity contribution in [3.63, 3.8) is 0 Å². The number of nitrogens with one attached hydrogen (secondary N) is 1. The van der Waals surface area contributed by atoms with Crippen LogP contribution in [-0.2, 0) is 19.1 Å². The Morgan fingerprint density at radius 2 is 2.18 bits per heavy atom. The van der Waals surface area contributed by atoms with E-state index < -0.39 is 23.3 Å². The lowest BCUT2D eigenvalue weighted by Crippen LogP contribution is -2.53. The van der Waals surface area contributed by atoms with Crippen LogP contribution in [0.15, 0.2) is 17.5 Å². The monoisotopic (exact) mass is 322 g/mol. The highest BCUT2D eigenvalue weighted by Crippen LogP contribution is 2.49. The summed E-state index contributed by atoms with van der Waals surface area (Å²) in [5, 5.41) is 5.11. The molecule has 6 nitrogen and oxygen atoms in total. The van der Waals surface area contributed by atoms with Gasteiger partial charge in [0.05, 0.1) is 25.0 Å². The zero-order valence-electron chi connectivity index (χ0n) is 12.7. The standard InChI is InChI=1S/C15H18N2O4S/c1-4-17-12(18)9-10(13(17)19)15(2,14(20)21-3)16-11(9)8-6-5-7-22-8/h5-7,9-11,16H,4H2,1-3H3/t9-,10+,11+,15-/m1/s1. The van der Waals surface area contributed by atoms with E-state index in [1.807, 2.05) is 17.5 Å². The van der Waals surface area contributed by atoms with Crippen molar-refractivity contribution in [1.29, 1.82) is 0 Å². The molecule has 1 N–H and O–H groups in total. The van der Waals surface area contributed by atoms with E-state index in [0.717, 1.165) is 4.88 Å². The van der Waals surface area contributed by atoms with Crippen LogP contribution in [0.3, 0.4) is 0 Å². The summed E-state index contributed by atoms with van der Waals surface area (Å²) in [5.74, 6) is -2.30. The van der Waals surface area contributed by atoms with Crippen molar-refractivity contribution in [1.82, 2.24) is 10.2 Å². The fraction of sp³-hybridized carbons (Fsp3) is 0.533. The van der Waals surface area contributed by atoms with E-state index >= 15 is 0 Å². The van der Waals surface area contributed by atoms with Gasteiger partial charge in [0, 0.05) is 11.4 Å². The summed E-state index contributed by atoms with van der Waals surface area (Å²) in [6, 6.07) is 3.46. The van der Waals surface area contributed by atoms with Gasteiger partial charge in [-0.3, -0.25) is 24.6 Å². The first kappa shape index (κ1) is 15.2. The molecular weight excluding hydrogens is 304 g/mol. The van der Waals surface area contributed by atoms with Crippen LogP contribution < -0.4 is 5.32 Å². The number of ether oxygens (including phenoxy) is 1. The fourth-order valence-electron chi connectivity index (χ4n) is 3.62. The van der Waals surface area contributed by atoms with Gasteiger partial charge in [0.15, 0.2) is 0 Å². The van der Waals surface area contributed by atoms with E-state index in [1.54, 1.807) is 13.8 Å². The molecule has 2 aliphatic rings. The Kier molecular flexibility index (Phi) is 3.57. The number of imide groups is 1. The van der Waals surface area contributed by atoms with Crippen LogP contribution in [-0.4, -0.2) is 41.9 Å². The summed E-state index contributed by atoms with van der Waals surface area (Å²) in [6.07, 6.45) is 0. The lowest BCUT2D eigenvalue weighted by Gasteiger charge is -2.28. The highest BCUT2D eigenvalue weighted by Gasteiger charge is 2.66. The number of methoxy groups -OCH3 is 1. The number of hydrogen-bond donors (Lipinski definition) is 1. The number of carbonyl (C=O) groups excluding carboxylic acids is 3. The normalized spacial score (nSPS) is 34.1. The number of nitrogens with zero attached hydrogens (tertiary/aromatic N) is 1. The number of hydrogen-bond acceptors (Lipinski definition) is 6. The van der Waals surface area contributed by atoms with Gasteiger partial charge >= 0.3 is 5.97 Å². The number of fused-ring (bicyclic) bond motifs is 1. The molecular formula is C15H18N2O4S. The first-order valence-electron chi connectivity index (χ1n) is 7.20. The average Bonchev–Trinajstić information content (AvgIpc) is 3.17. The van der Waals surface area contributed by atoms with E-state index in [2.05, 4.69) is 5.32 Å². The van der Waals surface area contributed by atoms with Gasteiger partial charge < -0.3 is 4.74 Å². The number of amides is 2. The van der Waals surface area contributed by atoms with E-state index in [-0.39, 0.29) is 17.9 Å². The van der Waals surface area contributed by atoms with Gasteiger partial charge in [-0.1, -0.05) is 6.07 Å². The molecule has 7 heteroatoms. The molecule has 2 amide bonds. The van der Waals surface area contributed by atoms with Crippen molar-refractivity contribution in [2.24, 2.45) is 11.8 Å². The summed E-state index contributed by atoms with van der Waals surface area (Å²) in [7, 11) is 1.29. The van der Waals surface area contributed by atoms with E-state index in [9.17, 15) is 14.4 Å². The Hall–Kier alpha value is -1.73. The van der Waals surface area contributed by atoms with Crippen LogP contribution >= 0.6 is 11.3 Å². The van der Waals surface area contributed by atoms with Gasteiger partial charge in [0.25, 0.3) is 0 Å². The molecule has 0 aliphatic carbocycles. The Morgan fingerprint density at radius 3 is 2.73 bits per heavy atom. The molecule has 1 aromatic rings. The zero-order chi connectivity index (χ0) is 16.1. The molecule has 0 unspecified atom stereocenters. The summed E-state index contributed by atoms with van der Waals surface area (Å²) < 4.78 is 4.88. The first-order chi connectivity index (χ1) is 10.5. The van der Waals surface area contributed by atoms with Crippen molar-refractivity contribution in [3.8, 4) is 0 Å². The Balaban J connectivity index is 2.09. The third-order valence-corrected chi connectivity index (χ3v) is 5.61. The molecule has 118 valence electrons. The van der Waals surface area contributed by atoms with Crippen LogP contribution in [0.4, 0.5) is 0 Å². The van der Waals surface area contributed by atoms with Crippen LogP contribution in [0.1, 0.15) is 24.8 Å². The van der Waals surface area contributed by atoms with Gasteiger partial charge in [0.1, 0.15) is 5.54 Å². The molecule has 22 heavy (non-hydrogen) atoms. The maximum Gasteiger partial charge on any atom is 0.326 e. The highest BCUT2D eigenvalue weighted by molar-refractivity contribution is 7.10. The number of carbonyl (C=O) groups is 3. The smallest absolute Gasteiger partial charge is 0.326 e. The Labute approximate surface area is 132 Å². The number of thiophene rings is 1. The Morgan fingerprint density at radius 1 is 1.45 bits per heavy atom. The number of likely N-dealkylation sites (tertiary alicyclic amines) is 1. The van der Waals surface area contributed by atoms with Gasteiger partial charge in [-0.15, -0.1) is 11.3 Å². The van der Waals surface area contributed by atoms with Gasteiger partial charge in [-0.2, -0.15) is 0 Å². The first-order valence-corrected chi connectivity index (χ1v) is 8.08. The van der Waals surface area contributed by atoms with Crippen molar-refractivity contribution in [3.05, 3.63) is 22.4 Å². The molecule has 4 atom stereocenters. The third-order valence-electron chi connectivity index (χ3n) is 4.65. The van der Waals surface area contributed by atoms with Crippen LogP contribution in [0.25, 0.3) is 0 Å². The molecule has 2 aliphatic heterocycles. The Bertz CT molecular complexity index is 629. The molecule has 0 saturated carbocycles. The average molecular weight is 322 g/mol. The van der Waals surface area contributed by atoms with Crippen LogP contribution in [0, 0.1) is 11.8 Å². The molecule has 2 saturated heterocycles. The number of esters is 1. The van der Waals surface area contributed by atoms with E-state index in [0.29, 0.717) is 6.54 Å². The molecule has 0 radical (unpaired) electrons. The third kappa shape index (κ3) is 1.85. The van der Waals surface area contributed by atoms with Crippen LogP contribution in [0.2, 0.25) is 0 Å². The zero-order valence-corrected chi connectivity index (χ0v) is 13.5. The maximum atomic E-state index is 12.7. The SMILES string of the molecule is CCN1C(=O)[C@@H]2[C@@H](C1=O)[C@](C)(C(=O)OC)N[C@H]2c1cccs1. The predicted octanol–water partition coefficient (Wildman–Crippen LogP) is 0.945. The predicted molar refractivity (Wildman–Crippen MR) is 80.0 cm³/mol. The number of rotatable bonds is 3. The largest absolute Gasteiger partial charge is 0.468 e. The summed E-state index contributed by atoms with van der Waals surface area (Å²) >= 11 is 1.50. The van der Waals surface area contributed by atoms with Crippen molar-refractivity contribution >= 4 is 29.1 Å². The van der Waals surface area contributed by atoms with Crippen molar-refractivity contribution in [2.45, 2.75) is 25.4 Å².